The van der Waals surface area contributed by atoms with Crippen molar-refractivity contribution in [3.8, 4) is 10.7 Å². The van der Waals surface area contributed by atoms with Gasteiger partial charge >= 0.3 is 0 Å². The number of aryl methyl sites for hydroxylation is 1. The summed E-state index contributed by atoms with van der Waals surface area (Å²) in [7, 11) is 0. The van der Waals surface area contributed by atoms with Gasteiger partial charge in [-0.05, 0) is 25.0 Å². The molecule has 19 heavy (non-hydrogen) atoms. The van der Waals surface area contributed by atoms with Gasteiger partial charge in [-0.3, -0.25) is 4.90 Å². The zero-order valence-electron chi connectivity index (χ0n) is 10.9. The second-order valence-electron chi connectivity index (χ2n) is 4.81. The van der Waals surface area contributed by atoms with E-state index >= 15 is 0 Å². The predicted molar refractivity (Wildman–Crippen MR) is 72.7 cm³/mol. The smallest absolute Gasteiger partial charge is 0.223 e. The van der Waals surface area contributed by atoms with E-state index in [4.69, 9.17) is 4.52 Å². The highest BCUT2D eigenvalue weighted by molar-refractivity contribution is 7.15. The summed E-state index contributed by atoms with van der Waals surface area (Å²) in [6.45, 7) is 3.71. The molecule has 1 unspecified atom stereocenters. The van der Waals surface area contributed by atoms with Gasteiger partial charge in [-0.2, -0.15) is 4.98 Å². The van der Waals surface area contributed by atoms with Crippen molar-refractivity contribution in [2.24, 2.45) is 0 Å². The fourth-order valence-electron chi connectivity index (χ4n) is 2.35. The summed E-state index contributed by atoms with van der Waals surface area (Å²) in [5.74, 6) is 1.15. The number of rotatable bonds is 3. The maximum Gasteiger partial charge on any atom is 0.223 e. The van der Waals surface area contributed by atoms with Crippen LogP contribution in [0.2, 0.25) is 0 Å². The van der Waals surface area contributed by atoms with Crippen molar-refractivity contribution >= 4 is 11.3 Å². The van der Waals surface area contributed by atoms with E-state index in [0.29, 0.717) is 11.7 Å². The molecular weight excluding hydrogens is 262 g/mol. The van der Waals surface area contributed by atoms with Crippen LogP contribution in [0, 0.1) is 6.92 Å². The molecule has 1 fully saturated rings. The summed E-state index contributed by atoms with van der Waals surface area (Å²) in [6, 6.07) is 3.89. The first kappa shape index (κ1) is 12.8. The van der Waals surface area contributed by atoms with Crippen molar-refractivity contribution in [2.45, 2.75) is 32.4 Å². The lowest BCUT2D eigenvalue weighted by molar-refractivity contribution is -0.00721. The summed E-state index contributed by atoms with van der Waals surface area (Å²) >= 11 is 1.52. The number of likely N-dealkylation sites (tertiary alicyclic amines) is 1. The van der Waals surface area contributed by atoms with Gasteiger partial charge < -0.3 is 9.63 Å². The first-order chi connectivity index (χ1) is 9.24. The molecule has 1 aliphatic rings. The Kier molecular flexibility index (Phi) is 3.63. The molecule has 0 aromatic carbocycles. The third kappa shape index (κ3) is 2.70. The number of aliphatic hydroxyl groups excluding tert-OH is 1. The SMILES string of the molecule is Cc1nc(-c2ccc(C(O)N3CCCCC3)s2)no1. The molecule has 5 nitrogen and oxygen atoms in total. The van der Waals surface area contributed by atoms with Gasteiger partial charge in [-0.1, -0.05) is 11.6 Å². The molecule has 0 spiro atoms. The minimum Gasteiger partial charge on any atom is -0.373 e. The van der Waals surface area contributed by atoms with Crippen LogP contribution in [0.25, 0.3) is 10.7 Å². The van der Waals surface area contributed by atoms with Crippen molar-refractivity contribution in [3.63, 3.8) is 0 Å². The van der Waals surface area contributed by atoms with Gasteiger partial charge in [-0.25, -0.2) is 0 Å². The zero-order chi connectivity index (χ0) is 13.2. The number of aliphatic hydroxyl groups is 1. The molecule has 0 saturated carbocycles. The summed E-state index contributed by atoms with van der Waals surface area (Å²) in [5, 5.41) is 14.3. The third-order valence-corrected chi connectivity index (χ3v) is 4.49. The lowest BCUT2D eigenvalue weighted by Gasteiger charge is -2.30. The number of hydrogen-bond donors (Lipinski definition) is 1. The molecule has 0 aliphatic carbocycles. The molecule has 3 rings (SSSR count). The van der Waals surface area contributed by atoms with E-state index in [2.05, 4.69) is 15.0 Å². The average Bonchev–Trinajstić information content (AvgIpc) is 3.07. The number of hydrogen-bond acceptors (Lipinski definition) is 6. The Morgan fingerprint density at radius 1 is 1.32 bits per heavy atom. The van der Waals surface area contributed by atoms with E-state index in [1.165, 1.54) is 30.6 Å². The van der Waals surface area contributed by atoms with E-state index in [-0.39, 0.29) is 0 Å². The van der Waals surface area contributed by atoms with Crippen molar-refractivity contribution in [3.05, 3.63) is 22.9 Å². The average molecular weight is 279 g/mol. The molecule has 0 bridgehead atoms. The standard InChI is InChI=1S/C13H17N3O2S/c1-9-14-12(15-18-9)10-5-6-11(19-10)13(17)16-7-3-2-4-8-16/h5-6,13,17H,2-4,7-8H2,1H3. The Bertz CT molecular complexity index is 546. The second kappa shape index (κ2) is 5.40. The quantitative estimate of drug-likeness (QED) is 0.935. The van der Waals surface area contributed by atoms with E-state index in [1.54, 1.807) is 6.92 Å². The lowest BCUT2D eigenvalue weighted by Crippen LogP contribution is -2.33. The molecule has 1 saturated heterocycles. The van der Waals surface area contributed by atoms with Crippen molar-refractivity contribution < 1.29 is 9.63 Å². The first-order valence-electron chi connectivity index (χ1n) is 6.56. The van der Waals surface area contributed by atoms with Gasteiger partial charge in [0.25, 0.3) is 0 Å². The fraction of sp³-hybridized carbons (Fsp3) is 0.538. The Labute approximate surface area is 115 Å². The molecular formula is C13H17N3O2S. The molecule has 2 aromatic rings. The molecule has 1 aliphatic heterocycles. The molecule has 1 N–H and O–H groups in total. The molecule has 2 aromatic heterocycles. The van der Waals surface area contributed by atoms with Crippen LogP contribution in [0.3, 0.4) is 0 Å². The highest BCUT2D eigenvalue weighted by Crippen LogP contribution is 2.32. The Balaban J connectivity index is 1.76. The molecule has 0 amide bonds. The minimum absolute atomic E-state index is 0.507. The molecule has 6 heteroatoms. The van der Waals surface area contributed by atoms with E-state index in [9.17, 15) is 5.11 Å². The van der Waals surface area contributed by atoms with Gasteiger partial charge in [-0.15, -0.1) is 11.3 Å². The van der Waals surface area contributed by atoms with Crippen LogP contribution >= 0.6 is 11.3 Å². The normalized spacial score (nSPS) is 18.6. The molecule has 102 valence electrons. The van der Waals surface area contributed by atoms with E-state index in [1.807, 2.05) is 12.1 Å². The summed E-state index contributed by atoms with van der Waals surface area (Å²) in [6.07, 6.45) is 3.09. The Hall–Kier alpha value is -1.24. The maximum absolute atomic E-state index is 10.4. The van der Waals surface area contributed by atoms with Crippen LogP contribution in [-0.4, -0.2) is 33.2 Å². The fourth-order valence-corrected chi connectivity index (χ4v) is 3.31. The van der Waals surface area contributed by atoms with Gasteiger partial charge in [0.05, 0.1) is 4.88 Å². The highest BCUT2D eigenvalue weighted by Gasteiger charge is 2.22. The zero-order valence-corrected chi connectivity index (χ0v) is 11.7. The Morgan fingerprint density at radius 2 is 2.11 bits per heavy atom. The topological polar surface area (TPSA) is 62.4 Å². The third-order valence-electron chi connectivity index (χ3n) is 3.37. The number of piperidine rings is 1. The molecule has 0 radical (unpaired) electrons. The van der Waals surface area contributed by atoms with E-state index < -0.39 is 6.23 Å². The summed E-state index contributed by atoms with van der Waals surface area (Å²) in [5.41, 5.74) is 0. The number of thiophene rings is 1. The number of nitrogens with zero attached hydrogens (tertiary/aromatic N) is 3. The van der Waals surface area contributed by atoms with Crippen LogP contribution in [0.15, 0.2) is 16.7 Å². The summed E-state index contributed by atoms with van der Waals surface area (Å²) in [4.78, 5) is 8.21. The first-order valence-corrected chi connectivity index (χ1v) is 7.38. The lowest BCUT2D eigenvalue weighted by atomic mass is 10.1. The van der Waals surface area contributed by atoms with Crippen molar-refractivity contribution in [1.29, 1.82) is 0 Å². The van der Waals surface area contributed by atoms with Crippen molar-refractivity contribution in [1.82, 2.24) is 15.0 Å². The van der Waals surface area contributed by atoms with Crippen LogP contribution in [0.1, 0.15) is 36.3 Å². The van der Waals surface area contributed by atoms with Crippen LogP contribution in [0.4, 0.5) is 0 Å². The van der Waals surface area contributed by atoms with Crippen LogP contribution in [0.5, 0.6) is 0 Å². The number of aromatic nitrogens is 2. The second-order valence-corrected chi connectivity index (χ2v) is 5.92. The Morgan fingerprint density at radius 3 is 2.79 bits per heavy atom. The molecule has 1 atom stereocenters. The summed E-state index contributed by atoms with van der Waals surface area (Å²) < 4.78 is 4.98. The van der Waals surface area contributed by atoms with Gasteiger partial charge in [0.1, 0.15) is 6.23 Å². The van der Waals surface area contributed by atoms with Gasteiger partial charge in [0, 0.05) is 24.9 Å². The predicted octanol–water partition coefficient (Wildman–Crippen LogP) is 2.58. The van der Waals surface area contributed by atoms with Gasteiger partial charge in [0.15, 0.2) is 0 Å². The van der Waals surface area contributed by atoms with Crippen LogP contribution < -0.4 is 0 Å². The van der Waals surface area contributed by atoms with E-state index in [0.717, 1.165) is 22.8 Å². The minimum atomic E-state index is -0.507. The van der Waals surface area contributed by atoms with Crippen molar-refractivity contribution in [2.75, 3.05) is 13.1 Å². The highest BCUT2D eigenvalue weighted by atomic mass is 32.1. The monoisotopic (exact) mass is 279 g/mol. The van der Waals surface area contributed by atoms with Gasteiger partial charge in [0.2, 0.25) is 11.7 Å². The largest absolute Gasteiger partial charge is 0.373 e. The molecule has 3 heterocycles. The maximum atomic E-state index is 10.4. The van der Waals surface area contributed by atoms with Crippen LogP contribution in [-0.2, 0) is 0 Å².